The van der Waals surface area contributed by atoms with Crippen molar-refractivity contribution in [2.75, 3.05) is 7.11 Å². The summed E-state index contributed by atoms with van der Waals surface area (Å²) in [6, 6.07) is 14.1. The van der Waals surface area contributed by atoms with Gasteiger partial charge in [0.2, 0.25) is 0 Å². The van der Waals surface area contributed by atoms with Crippen molar-refractivity contribution in [2.24, 2.45) is 0 Å². The summed E-state index contributed by atoms with van der Waals surface area (Å²) in [5.41, 5.74) is 5.72. The van der Waals surface area contributed by atoms with Crippen LogP contribution in [0.25, 0.3) is 44.1 Å². The van der Waals surface area contributed by atoms with Gasteiger partial charge in [-0.15, -0.1) is 0 Å². The summed E-state index contributed by atoms with van der Waals surface area (Å²) in [4.78, 5) is 16.8. The van der Waals surface area contributed by atoms with Gasteiger partial charge in [0.15, 0.2) is 0 Å². The quantitative estimate of drug-likeness (QED) is 0.524. The normalized spacial score (nSPS) is 11.4. The minimum absolute atomic E-state index is 0.841. The summed E-state index contributed by atoms with van der Waals surface area (Å²) in [5.74, 6) is 0.841. The van der Waals surface area contributed by atoms with E-state index in [1.165, 1.54) is 0 Å². The minimum Gasteiger partial charge on any atom is -0.497 e. The summed E-state index contributed by atoms with van der Waals surface area (Å²) in [7, 11) is 1.68. The second kappa shape index (κ2) is 5.27. The van der Waals surface area contributed by atoms with Gasteiger partial charge in [0, 0.05) is 40.4 Å². The van der Waals surface area contributed by atoms with Gasteiger partial charge < -0.3 is 9.72 Å². The first-order chi connectivity index (χ1) is 12.3. The zero-order valence-corrected chi connectivity index (χ0v) is 13.5. The van der Waals surface area contributed by atoms with E-state index in [4.69, 9.17) is 4.74 Å². The Morgan fingerprint density at radius 3 is 2.56 bits per heavy atom. The molecule has 5 aromatic rings. The molecule has 0 saturated carbocycles. The number of hydrogen-bond acceptors (Lipinski definition) is 4. The van der Waals surface area contributed by atoms with Crippen LogP contribution in [0.4, 0.5) is 0 Å². The summed E-state index contributed by atoms with van der Waals surface area (Å²) in [6.45, 7) is 0. The molecule has 0 aliphatic heterocycles. The Bertz CT molecular complexity index is 1240. The second-order valence-electron chi connectivity index (χ2n) is 5.88. The lowest BCUT2D eigenvalue weighted by Gasteiger charge is -2.04. The summed E-state index contributed by atoms with van der Waals surface area (Å²) < 4.78 is 5.36. The van der Waals surface area contributed by atoms with Crippen molar-refractivity contribution in [1.29, 1.82) is 0 Å². The number of fused-ring (bicyclic) bond motifs is 4. The highest BCUT2D eigenvalue weighted by Crippen LogP contribution is 2.33. The van der Waals surface area contributed by atoms with E-state index < -0.39 is 0 Å². The Morgan fingerprint density at radius 1 is 0.800 bits per heavy atom. The van der Waals surface area contributed by atoms with Crippen LogP contribution in [0.1, 0.15) is 0 Å². The maximum atomic E-state index is 5.36. The highest BCUT2D eigenvalue weighted by atomic mass is 16.5. The smallest absolute Gasteiger partial charge is 0.119 e. The Hall–Kier alpha value is -3.47. The van der Waals surface area contributed by atoms with Crippen molar-refractivity contribution in [2.45, 2.75) is 0 Å². The van der Waals surface area contributed by atoms with E-state index in [2.05, 4.69) is 19.9 Å². The largest absolute Gasteiger partial charge is 0.497 e. The summed E-state index contributed by atoms with van der Waals surface area (Å²) in [5, 5.41) is 2.25. The molecule has 0 amide bonds. The topological polar surface area (TPSA) is 63.7 Å². The molecule has 0 spiro atoms. The molecule has 5 heteroatoms. The van der Waals surface area contributed by atoms with Crippen LogP contribution in [-0.2, 0) is 0 Å². The van der Waals surface area contributed by atoms with Crippen molar-refractivity contribution in [3.8, 4) is 17.0 Å². The Kier molecular flexibility index (Phi) is 2.94. The average molecular weight is 326 g/mol. The lowest BCUT2D eigenvalue weighted by Crippen LogP contribution is -1.87. The van der Waals surface area contributed by atoms with E-state index in [0.717, 1.165) is 49.8 Å². The van der Waals surface area contributed by atoms with E-state index in [-0.39, 0.29) is 0 Å². The van der Waals surface area contributed by atoms with Gasteiger partial charge in [0.05, 0.1) is 29.4 Å². The number of nitrogens with one attached hydrogen (secondary N) is 1. The monoisotopic (exact) mass is 326 g/mol. The lowest BCUT2D eigenvalue weighted by molar-refractivity contribution is 0.415. The van der Waals surface area contributed by atoms with Crippen molar-refractivity contribution in [3.05, 3.63) is 61.1 Å². The van der Waals surface area contributed by atoms with Crippen LogP contribution in [0.2, 0.25) is 0 Å². The van der Waals surface area contributed by atoms with E-state index in [1.807, 2.05) is 48.7 Å². The second-order valence-corrected chi connectivity index (χ2v) is 5.88. The van der Waals surface area contributed by atoms with Gasteiger partial charge >= 0.3 is 0 Å². The number of nitrogens with zero attached hydrogens (tertiary/aromatic N) is 3. The molecule has 0 aliphatic rings. The van der Waals surface area contributed by atoms with Gasteiger partial charge in [-0.3, -0.25) is 15.0 Å². The third-order valence-corrected chi connectivity index (χ3v) is 4.47. The number of methoxy groups -OCH3 is 1. The molecule has 1 N–H and O–H groups in total. The van der Waals surface area contributed by atoms with Crippen LogP contribution in [0.5, 0.6) is 5.75 Å². The van der Waals surface area contributed by atoms with E-state index in [1.54, 1.807) is 19.5 Å². The van der Waals surface area contributed by atoms with Crippen LogP contribution < -0.4 is 4.74 Å². The molecule has 0 atom stereocenters. The number of aromatic nitrogens is 4. The summed E-state index contributed by atoms with van der Waals surface area (Å²) >= 11 is 0. The maximum absolute atomic E-state index is 5.36. The fraction of sp³-hybridized carbons (Fsp3) is 0.0500. The average Bonchev–Trinajstić information content (AvgIpc) is 3.05. The molecule has 0 unspecified atom stereocenters. The van der Waals surface area contributed by atoms with Gasteiger partial charge in [-0.05, 0) is 36.4 Å². The van der Waals surface area contributed by atoms with E-state index in [0.29, 0.717) is 0 Å². The van der Waals surface area contributed by atoms with Gasteiger partial charge in [0.25, 0.3) is 0 Å². The number of benzene rings is 2. The Morgan fingerprint density at radius 2 is 1.68 bits per heavy atom. The summed E-state index contributed by atoms with van der Waals surface area (Å²) in [6.07, 6.45) is 5.24. The van der Waals surface area contributed by atoms with Crippen molar-refractivity contribution in [3.63, 3.8) is 0 Å². The van der Waals surface area contributed by atoms with Crippen LogP contribution in [0.15, 0.2) is 61.1 Å². The molecular weight excluding hydrogens is 312 g/mol. The van der Waals surface area contributed by atoms with Gasteiger partial charge in [-0.1, -0.05) is 6.07 Å². The molecule has 0 aliphatic carbocycles. The molecule has 3 heterocycles. The molecule has 0 bridgehead atoms. The first-order valence-corrected chi connectivity index (χ1v) is 7.99. The molecule has 0 radical (unpaired) electrons. The highest BCUT2D eigenvalue weighted by Gasteiger charge is 2.12. The third kappa shape index (κ3) is 2.13. The number of rotatable bonds is 2. The number of H-pyrrole nitrogens is 1. The molecule has 25 heavy (non-hydrogen) atoms. The zero-order chi connectivity index (χ0) is 16.8. The van der Waals surface area contributed by atoms with Gasteiger partial charge in [-0.2, -0.15) is 0 Å². The van der Waals surface area contributed by atoms with Crippen molar-refractivity contribution in [1.82, 2.24) is 19.9 Å². The van der Waals surface area contributed by atoms with Crippen molar-refractivity contribution >= 4 is 32.8 Å². The van der Waals surface area contributed by atoms with Crippen LogP contribution in [-0.4, -0.2) is 27.0 Å². The predicted molar refractivity (Wildman–Crippen MR) is 98.7 cm³/mol. The molecular formula is C20H14N4O. The predicted octanol–water partition coefficient (Wildman–Crippen LogP) is 4.33. The number of ether oxygens (including phenoxy) is 1. The van der Waals surface area contributed by atoms with E-state index >= 15 is 0 Å². The minimum atomic E-state index is 0.841. The fourth-order valence-corrected chi connectivity index (χ4v) is 3.26. The van der Waals surface area contributed by atoms with Crippen LogP contribution >= 0.6 is 0 Å². The molecule has 2 aromatic carbocycles. The maximum Gasteiger partial charge on any atom is 0.119 e. The van der Waals surface area contributed by atoms with Crippen LogP contribution in [0.3, 0.4) is 0 Å². The van der Waals surface area contributed by atoms with Crippen LogP contribution in [0, 0.1) is 0 Å². The Labute approximate surface area is 143 Å². The molecule has 120 valence electrons. The molecule has 0 saturated heterocycles. The molecule has 5 nitrogen and oxygen atoms in total. The molecule has 5 rings (SSSR count). The fourth-order valence-electron chi connectivity index (χ4n) is 3.26. The van der Waals surface area contributed by atoms with Gasteiger partial charge in [-0.25, -0.2) is 0 Å². The zero-order valence-electron chi connectivity index (χ0n) is 13.5. The number of pyridine rings is 1. The third-order valence-electron chi connectivity index (χ3n) is 4.47. The van der Waals surface area contributed by atoms with Crippen molar-refractivity contribution < 1.29 is 4.74 Å². The lowest BCUT2D eigenvalue weighted by atomic mass is 10.1. The SMILES string of the molecule is COc1ccc2[nH]c3c(-c4ccc5nccnc5c4)nccc3c2c1. The number of aromatic amines is 1. The standard InChI is InChI=1S/C20H14N4O/c1-25-13-3-5-16-15(11-13)14-6-7-23-19(20(14)24-16)12-2-4-17-18(10-12)22-9-8-21-17/h2-11,24H,1H3. The van der Waals surface area contributed by atoms with Gasteiger partial charge in [0.1, 0.15) is 5.75 Å². The first kappa shape index (κ1) is 13.9. The molecule has 3 aromatic heterocycles. The molecule has 0 fully saturated rings. The Balaban J connectivity index is 1.80. The first-order valence-electron chi connectivity index (χ1n) is 7.99. The highest BCUT2D eigenvalue weighted by molar-refractivity contribution is 6.11. The number of hydrogen-bond donors (Lipinski definition) is 1. The van der Waals surface area contributed by atoms with E-state index in [9.17, 15) is 0 Å².